The van der Waals surface area contributed by atoms with Crippen molar-refractivity contribution < 1.29 is 29.6 Å². The monoisotopic (exact) mass is 502 g/mol. The molecule has 0 amide bonds. The molecule has 0 aromatic carbocycles. The highest BCUT2D eigenvalue weighted by Crippen LogP contribution is 2.76. The van der Waals surface area contributed by atoms with Gasteiger partial charge in [0.1, 0.15) is 24.1 Å². The summed E-state index contributed by atoms with van der Waals surface area (Å²) in [4.78, 5) is 12.9. The predicted octanol–water partition coefficient (Wildman–Crippen LogP) is 4.15. The minimum Gasteiger partial charge on any atom is -0.388 e. The lowest BCUT2D eigenvalue weighted by atomic mass is 9.41. The highest BCUT2D eigenvalue weighted by Gasteiger charge is 2.81. The zero-order chi connectivity index (χ0) is 26.3. The van der Waals surface area contributed by atoms with Gasteiger partial charge >= 0.3 is 0 Å². The van der Waals surface area contributed by atoms with Crippen molar-refractivity contribution in [2.24, 2.45) is 39.4 Å². The highest BCUT2D eigenvalue weighted by atomic mass is 16.7. The predicted molar refractivity (Wildman–Crippen MR) is 135 cm³/mol. The Bertz CT molecular complexity index is 1010. The summed E-state index contributed by atoms with van der Waals surface area (Å²) in [5, 5.41) is 32.3. The number of epoxide rings is 1. The Kier molecular flexibility index (Phi) is 5.12. The minimum absolute atomic E-state index is 0.00190. The van der Waals surface area contributed by atoms with Crippen molar-refractivity contribution in [1.29, 1.82) is 0 Å². The van der Waals surface area contributed by atoms with E-state index in [9.17, 15) is 20.1 Å². The number of aliphatic hydroxyl groups excluding tert-OH is 2. The number of Topliss-reactive ketones (excluding diaryl/α,β-unsaturated/α-hetero) is 1. The van der Waals surface area contributed by atoms with Crippen LogP contribution >= 0.6 is 0 Å². The highest BCUT2D eigenvalue weighted by molar-refractivity contribution is 5.85. The third kappa shape index (κ3) is 2.84. The van der Waals surface area contributed by atoms with Crippen molar-refractivity contribution in [2.45, 2.75) is 129 Å². The molecule has 4 aliphatic carbocycles. The zero-order valence-electron chi connectivity index (χ0n) is 23.1. The quantitative estimate of drug-likeness (QED) is 0.396. The minimum atomic E-state index is -1.34. The standard InChI is InChI=1S/C30H46O6/c1-25(2)18-9-8-17-16(27(18,5)13-12-20(25)31)10-14-29(7)19(11-15-28(17,29)6)30-23(36-30)21(35-24(30)33)22(32)26(3,4)34/h8,16,18-19,21-24,32-34H,9-15H2,1-7H3/t16-,18-,19+,21+,22-,23-,24-,27+,28+,29-,30-/m0/s1. The fraction of sp³-hybridized carbons (Fsp3) is 0.900. The Morgan fingerprint density at radius 1 is 1.06 bits per heavy atom. The van der Waals surface area contributed by atoms with Crippen LogP contribution in [0, 0.1) is 39.4 Å². The van der Waals surface area contributed by atoms with Gasteiger partial charge in [-0.05, 0) is 80.5 Å². The number of hydrogen-bond acceptors (Lipinski definition) is 6. The molecular weight excluding hydrogens is 456 g/mol. The van der Waals surface area contributed by atoms with Gasteiger partial charge in [-0.15, -0.1) is 0 Å². The number of aliphatic hydroxyl groups is 3. The topological polar surface area (TPSA) is 99.5 Å². The van der Waals surface area contributed by atoms with E-state index in [-0.39, 0.29) is 27.6 Å². The summed E-state index contributed by atoms with van der Waals surface area (Å²) >= 11 is 0. The van der Waals surface area contributed by atoms with E-state index in [0.717, 1.165) is 38.5 Å². The van der Waals surface area contributed by atoms with Gasteiger partial charge in [-0.1, -0.05) is 46.3 Å². The van der Waals surface area contributed by atoms with E-state index in [0.29, 0.717) is 24.0 Å². The summed E-state index contributed by atoms with van der Waals surface area (Å²) in [6.07, 6.45) is 5.92. The molecule has 3 N–H and O–H groups in total. The van der Waals surface area contributed by atoms with Crippen LogP contribution in [0.2, 0.25) is 0 Å². The molecule has 2 saturated heterocycles. The van der Waals surface area contributed by atoms with Crippen molar-refractivity contribution in [2.75, 3.05) is 0 Å². The molecule has 6 aliphatic rings. The van der Waals surface area contributed by atoms with Gasteiger partial charge in [-0.3, -0.25) is 4.79 Å². The van der Waals surface area contributed by atoms with Crippen molar-refractivity contribution >= 4 is 5.78 Å². The molecule has 5 fully saturated rings. The largest absolute Gasteiger partial charge is 0.388 e. The molecule has 0 unspecified atom stereocenters. The number of fused-ring (bicyclic) bond motifs is 6. The van der Waals surface area contributed by atoms with Crippen molar-refractivity contribution in [1.82, 2.24) is 0 Å². The molecule has 0 bridgehead atoms. The molecule has 0 radical (unpaired) electrons. The van der Waals surface area contributed by atoms with Gasteiger partial charge in [0.2, 0.25) is 0 Å². The Hall–Kier alpha value is -0.790. The zero-order valence-corrected chi connectivity index (χ0v) is 23.1. The molecule has 6 rings (SSSR count). The van der Waals surface area contributed by atoms with Gasteiger partial charge < -0.3 is 24.8 Å². The van der Waals surface area contributed by atoms with Crippen LogP contribution in [0.25, 0.3) is 0 Å². The lowest BCUT2D eigenvalue weighted by Crippen LogP contribution is -2.58. The fourth-order valence-corrected chi connectivity index (χ4v) is 10.4. The number of carbonyl (C=O) groups is 1. The first-order chi connectivity index (χ1) is 16.5. The van der Waals surface area contributed by atoms with Crippen LogP contribution in [0.5, 0.6) is 0 Å². The van der Waals surface area contributed by atoms with Crippen LogP contribution in [0.3, 0.4) is 0 Å². The van der Waals surface area contributed by atoms with Crippen molar-refractivity contribution in [3.8, 4) is 0 Å². The molecule has 0 spiro atoms. The van der Waals surface area contributed by atoms with Crippen LogP contribution in [0.1, 0.15) is 93.4 Å². The van der Waals surface area contributed by atoms with Crippen LogP contribution in [0.15, 0.2) is 11.6 Å². The van der Waals surface area contributed by atoms with Gasteiger partial charge in [0.25, 0.3) is 0 Å². The number of ether oxygens (including phenoxy) is 2. The Morgan fingerprint density at radius 2 is 1.75 bits per heavy atom. The molecule has 6 nitrogen and oxygen atoms in total. The van der Waals surface area contributed by atoms with Gasteiger partial charge in [-0.2, -0.15) is 0 Å². The molecule has 202 valence electrons. The first-order valence-corrected chi connectivity index (χ1v) is 14.2. The SMILES string of the molecule is CC(C)(O)[C@@H](O)[C@H]1O[C@H](O)[C@@]2([C@@H]3CC[C@]4(C)C5=CC[C@H]6C(C)(C)C(=O)CC[C@]6(C)[C@H]5CC[C@@]34C)O[C@@H]12. The third-order valence-corrected chi connectivity index (χ3v) is 12.8. The summed E-state index contributed by atoms with van der Waals surface area (Å²) in [6.45, 7) is 14.7. The third-order valence-electron chi connectivity index (χ3n) is 12.8. The average Bonchev–Trinajstić information content (AvgIpc) is 3.37. The van der Waals surface area contributed by atoms with Crippen molar-refractivity contribution in [3.63, 3.8) is 0 Å². The summed E-state index contributed by atoms with van der Waals surface area (Å²) < 4.78 is 12.2. The molecular formula is C30H46O6. The van der Waals surface area contributed by atoms with E-state index in [4.69, 9.17) is 9.47 Å². The first kappa shape index (κ1) is 25.5. The lowest BCUT2D eigenvalue weighted by molar-refractivity contribution is -0.217. The number of rotatable bonds is 3. The normalized spacial score (nSPS) is 54.2. The van der Waals surface area contributed by atoms with Gasteiger partial charge in [0, 0.05) is 17.8 Å². The second kappa shape index (κ2) is 7.24. The lowest BCUT2D eigenvalue weighted by Gasteiger charge is -2.63. The maximum Gasteiger partial charge on any atom is 0.187 e. The molecule has 36 heavy (non-hydrogen) atoms. The van der Waals surface area contributed by atoms with Crippen LogP contribution < -0.4 is 0 Å². The summed E-state index contributed by atoms with van der Waals surface area (Å²) in [6, 6.07) is 0. The molecule has 6 heteroatoms. The second-order valence-electron chi connectivity index (χ2n) is 15.0. The summed E-state index contributed by atoms with van der Waals surface area (Å²) in [5.41, 5.74) is -0.769. The number of ketones is 1. The fourth-order valence-electron chi connectivity index (χ4n) is 10.4. The molecule has 0 aromatic heterocycles. The number of carbonyl (C=O) groups excluding carboxylic acids is 1. The van der Waals surface area contributed by atoms with Gasteiger partial charge in [0.05, 0.1) is 5.60 Å². The maximum absolute atomic E-state index is 12.9. The Morgan fingerprint density at radius 3 is 2.39 bits per heavy atom. The molecule has 2 aliphatic heterocycles. The summed E-state index contributed by atoms with van der Waals surface area (Å²) in [5.74, 6) is 1.41. The van der Waals surface area contributed by atoms with Crippen LogP contribution in [0.4, 0.5) is 0 Å². The van der Waals surface area contributed by atoms with E-state index in [1.165, 1.54) is 0 Å². The average molecular weight is 503 g/mol. The van der Waals surface area contributed by atoms with E-state index >= 15 is 0 Å². The van der Waals surface area contributed by atoms with Gasteiger partial charge in [-0.25, -0.2) is 0 Å². The molecule has 3 saturated carbocycles. The second-order valence-corrected chi connectivity index (χ2v) is 15.0. The smallest absolute Gasteiger partial charge is 0.187 e. The molecule has 0 aromatic rings. The summed E-state index contributed by atoms with van der Waals surface area (Å²) in [7, 11) is 0. The first-order valence-electron chi connectivity index (χ1n) is 14.2. The molecule has 11 atom stereocenters. The van der Waals surface area contributed by atoms with E-state index < -0.39 is 35.8 Å². The van der Waals surface area contributed by atoms with Gasteiger partial charge in [0.15, 0.2) is 11.9 Å². The van der Waals surface area contributed by atoms with Crippen molar-refractivity contribution in [3.05, 3.63) is 11.6 Å². The number of allylic oxidation sites excluding steroid dienone is 2. The van der Waals surface area contributed by atoms with Crippen LogP contribution in [-0.4, -0.2) is 56.9 Å². The number of hydrogen-bond donors (Lipinski definition) is 3. The maximum atomic E-state index is 12.9. The van der Waals surface area contributed by atoms with E-state index in [1.54, 1.807) is 19.4 Å². The van der Waals surface area contributed by atoms with Crippen LogP contribution in [-0.2, 0) is 14.3 Å². The molecule has 2 heterocycles. The van der Waals surface area contributed by atoms with E-state index in [1.807, 2.05) is 0 Å². The Labute approximate surface area is 215 Å². The van der Waals surface area contributed by atoms with E-state index in [2.05, 4.69) is 40.7 Å². The Balaban J connectivity index is 1.33.